The first-order valence-electron chi connectivity index (χ1n) is 8.58. The van der Waals surface area contributed by atoms with Crippen LogP contribution in [0.1, 0.15) is 53.5 Å². The van der Waals surface area contributed by atoms with Crippen molar-refractivity contribution in [1.29, 1.82) is 0 Å². The Kier molecular flexibility index (Phi) is 5.01. The molecular formula is C19H24N2O2S. The molecule has 0 spiro atoms. The number of hydrogen-bond acceptors (Lipinski definition) is 4. The molecule has 1 saturated carbocycles. The molecule has 0 atom stereocenters. The smallest absolute Gasteiger partial charge is 0.263 e. The summed E-state index contributed by atoms with van der Waals surface area (Å²) in [4.78, 5) is 17.6. The van der Waals surface area contributed by atoms with E-state index in [-0.39, 0.29) is 5.91 Å². The van der Waals surface area contributed by atoms with Crippen LogP contribution < -0.4 is 5.32 Å². The zero-order valence-electron chi connectivity index (χ0n) is 14.3. The lowest BCUT2D eigenvalue weighted by Gasteiger charge is -2.22. The van der Waals surface area contributed by atoms with Crippen molar-refractivity contribution in [2.24, 2.45) is 0 Å². The van der Waals surface area contributed by atoms with E-state index in [9.17, 15) is 9.90 Å². The van der Waals surface area contributed by atoms with Crippen LogP contribution in [0.25, 0.3) is 10.6 Å². The van der Waals surface area contributed by atoms with Gasteiger partial charge in [0, 0.05) is 12.1 Å². The maximum absolute atomic E-state index is 12.5. The Morgan fingerprint density at radius 3 is 2.58 bits per heavy atom. The first-order chi connectivity index (χ1) is 11.5. The lowest BCUT2D eigenvalue weighted by Crippen LogP contribution is -2.40. The van der Waals surface area contributed by atoms with Gasteiger partial charge in [-0.1, -0.05) is 44.0 Å². The van der Waals surface area contributed by atoms with E-state index < -0.39 is 5.60 Å². The Morgan fingerprint density at radius 1 is 1.29 bits per heavy atom. The minimum absolute atomic E-state index is 0.137. The predicted molar refractivity (Wildman–Crippen MR) is 97.4 cm³/mol. The van der Waals surface area contributed by atoms with E-state index in [1.807, 2.05) is 6.92 Å². The van der Waals surface area contributed by atoms with Gasteiger partial charge in [-0.3, -0.25) is 4.79 Å². The molecule has 2 N–H and O–H groups in total. The minimum atomic E-state index is -0.729. The average molecular weight is 344 g/mol. The van der Waals surface area contributed by atoms with Crippen LogP contribution >= 0.6 is 11.3 Å². The molecule has 2 aromatic rings. The lowest BCUT2D eigenvalue weighted by molar-refractivity contribution is 0.0450. The fourth-order valence-corrected chi connectivity index (χ4v) is 4.14. The molecule has 1 aromatic heterocycles. The molecule has 0 unspecified atom stereocenters. The third kappa shape index (κ3) is 3.68. The van der Waals surface area contributed by atoms with Crippen molar-refractivity contribution in [3.8, 4) is 10.6 Å². The Bertz CT molecular complexity index is 715. The highest BCUT2D eigenvalue weighted by Crippen LogP contribution is 2.30. The molecular weight excluding hydrogens is 320 g/mol. The van der Waals surface area contributed by atoms with E-state index in [0.29, 0.717) is 11.4 Å². The Balaban J connectivity index is 1.71. The topological polar surface area (TPSA) is 62.2 Å². The summed E-state index contributed by atoms with van der Waals surface area (Å²) in [5.74, 6) is -0.137. The molecule has 24 heavy (non-hydrogen) atoms. The minimum Gasteiger partial charge on any atom is -0.388 e. The maximum atomic E-state index is 12.5. The van der Waals surface area contributed by atoms with Gasteiger partial charge >= 0.3 is 0 Å². The molecule has 128 valence electrons. The molecule has 1 aliphatic carbocycles. The molecule has 1 aromatic carbocycles. The number of nitrogens with zero attached hydrogens (tertiary/aromatic N) is 1. The molecule has 1 amide bonds. The van der Waals surface area contributed by atoms with Crippen LogP contribution in [0.2, 0.25) is 0 Å². The van der Waals surface area contributed by atoms with E-state index >= 15 is 0 Å². The summed E-state index contributed by atoms with van der Waals surface area (Å²) in [6.07, 6.45) is 4.61. The monoisotopic (exact) mass is 344 g/mol. The van der Waals surface area contributed by atoms with E-state index in [4.69, 9.17) is 0 Å². The van der Waals surface area contributed by atoms with Crippen molar-refractivity contribution in [2.75, 3.05) is 6.54 Å². The summed E-state index contributed by atoms with van der Waals surface area (Å²) in [5.41, 5.74) is 2.33. The summed E-state index contributed by atoms with van der Waals surface area (Å²) in [7, 11) is 0. The number of amides is 1. The second-order valence-corrected chi connectivity index (χ2v) is 7.60. The van der Waals surface area contributed by atoms with Gasteiger partial charge in [0.15, 0.2) is 0 Å². The average Bonchev–Trinajstić information content (AvgIpc) is 3.19. The highest BCUT2D eigenvalue weighted by atomic mass is 32.1. The summed E-state index contributed by atoms with van der Waals surface area (Å²) in [6.45, 7) is 4.31. The van der Waals surface area contributed by atoms with Crippen LogP contribution in [0.5, 0.6) is 0 Å². The number of nitrogens with one attached hydrogen (secondary N) is 1. The summed E-state index contributed by atoms with van der Waals surface area (Å²) < 4.78 is 0. The number of hydrogen-bond donors (Lipinski definition) is 2. The van der Waals surface area contributed by atoms with Crippen LogP contribution in [0.4, 0.5) is 0 Å². The standard InChI is InChI=1S/C19H24N2O2S/c1-3-14-6-8-15(9-7-14)18-21-13(2)16(24-18)17(22)20-12-19(23)10-4-5-11-19/h6-9,23H,3-5,10-12H2,1-2H3,(H,20,22). The summed E-state index contributed by atoms with van der Waals surface area (Å²) in [5, 5.41) is 14.1. The second-order valence-electron chi connectivity index (χ2n) is 6.60. The molecule has 1 heterocycles. The normalized spacial score (nSPS) is 16.3. The fraction of sp³-hybridized carbons (Fsp3) is 0.474. The third-order valence-electron chi connectivity index (χ3n) is 4.72. The van der Waals surface area contributed by atoms with Crippen molar-refractivity contribution in [2.45, 2.75) is 51.6 Å². The lowest BCUT2D eigenvalue weighted by atomic mass is 10.0. The van der Waals surface area contributed by atoms with E-state index in [1.54, 1.807) is 0 Å². The molecule has 1 fully saturated rings. The summed E-state index contributed by atoms with van der Waals surface area (Å²) in [6, 6.07) is 8.31. The number of thiazole rings is 1. The van der Waals surface area contributed by atoms with Crippen molar-refractivity contribution >= 4 is 17.2 Å². The Labute approximate surface area is 146 Å². The highest BCUT2D eigenvalue weighted by Gasteiger charge is 2.31. The van der Waals surface area contributed by atoms with Crippen LogP contribution in [-0.2, 0) is 6.42 Å². The van der Waals surface area contributed by atoms with Gasteiger partial charge in [0.25, 0.3) is 5.91 Å². The summed E-state index contributed by atoms with van der Waals surface area (Å²) >= 11 is 1.41. The van der Waals surface area contributed by atoms with Gasteiger partial charge < -0.3 is 10.4 Å². The molecule has 4 nitrogen and oxygen atoms in total. The van der Waals surface area contributed by atoms with E-state index in [0.717, 1.165) is 48.4 Å². The number of benzene rings is 1. The molecule has 5 heteroatoms. The Morgan fingerprint density at radius 2 is 1.96 bits per heavy atom. The van der Waals surface area contributed by atoms with Gasteiger partial charge in [0.05, 0.1) is 11.3 Å². The molecule has 0 bridgehead atoms. The first-order valence-corrected chi connectivity index (χ1v) is 9.40. The largest absolute Gasteiger partial charge is 0.388 e. The van der Waals surface area contributed by atoms with Gasteiger partial charge in [-0.15, -0.1) is 11.3 Å². The zero-order valence-corrected chi connectivity index (χ0v) is 15.1. The number of carbonyl (C=O) groups is 1. The quantitative estimate of drug-likeness (QED) is 0.869. The SMILES string of the molecule is CCc1ccc(-c2nc(C)c(C(=O)NCC3(O)CCCC3)s2)cc1. The van der Waals surface area contributed by atoms with Crippen molar-refractivity contribution in [1.82, 2.24) is 10.3 Å². The predicted octanol–water partition coefficient (Wildman–Crippen LogP) is 3.72. The number of rotatable bonds is 5. The number of aryl methyl sites for hydroxylation is 2. The number of carbonyl (C=O) groups excluding carboxylic acids is 1. The van der Waals surface area contributed by atoms with Gasteiger partial charge in [-0.25, -0.2) is 4.98 Å². The van der Waals surface area contributed by atoms with Crippen LogP contribution in [0.15, 0.2) is 24.3 Å². The Hall–Kier alpha value is -1.72. The van der Waals surface area contributed by atoms with Crippen LogP contribution in [-0.4, -0.2) is 28.1 Å². The molecule has 0 saturated heterocycles. The number of aliphatic hydroxyl groups is 1. The van der Waals surface area contributed by atoms with Gasteiger partial charge in [-0.05, 0) is 31.7 Å². The zero-order chi connectivity index (χ0) is 17.2. The van der Waals surface area contributed by atoms with Crippen molar-refractivity contribution in [3.05, 3.63) is 40.4 Å². The van der Waals surface area contributed by atoms with Gasteiger partial charge in [0.1, 0.15) is 9.88 Å². The molecule has 3 rings (SSSR count). The second kappa shape index (κ2) is 7.03. The molecule has 1 aliphatic rings. The first kappa shape index (κ1) is 17.1. The van der Waals surface area contributed by atoms with E-state index in [2.05, 4.69) is 41.5 Å². The van der Waals surface area contributed by atoms with E-state index in [1.165, 1.54) is 16.9 Å². The van der Waals surface area contributed by atoms with Gasteiger partial charge in [0.2, 0.25) is 0 Å². The third-order valence-corrected chi connectivity index (χ3v) is 5.93. The highest BCUT2D eigenvalue weighted by molar-refractivity contribution is 7.17. The maximum Gasteiger partial charge on any atom is 0.263 e. The van der Waals surface area contributed by atoms with Crippen molar-refractivity contribution < 1.29 is 9.90 Å². The molecule has 0 aliphatic heterocycles. The van der Waals surface area contributed by atoms with Crippen molar-refractivity contribution in [3.63, 3.8) is 0 Å². The van der Waals surface area contributed by atoms with Crippen LogP contribution in [0.3, 0.4) is 0 Å². The molecule has 0 radical (unpaired) electrons. The van der Waals surface area contributed by atoms with Gasteiger partial charge in [-0.2, -0.15) is 0 Å². The van der Waals surface area contributed by atoms with Crippen LogP contribution in [0, 0.1) is 6.92 Å². The number of aromatic nitrogens is 1. The fourth-order valence-electron chi connectivity index (χ4n) is 3.15.